The van der Waals surface area contributed by atoms with Crippen LogP contribution in [0.4, 0.5) is 5.69 Å². The molecule has 0 heterocycles. The summed E-state index contributed by atoms with van der Waals surface area (Å²) in [5, 5.41) is 2.78. The highest BCUT2D eigenvalue weighted by molar-refractivity contribution is 7.92. The lowest BCUT2D eigenvalue weighted by Crippen LogP contribution is -2.40. The van der Waals surface area contributed by atoms with Crippen LogP contribution in [0.1, 0.15) is 45.7 Å². The molecule has 0 aliphatic carbocycles. The minimum atomic E-state index is -3.74. The standard InChI is InChI=1S/C22H30N2O4S/c1-6-17-9-8-10-18(7-2)21(17)24-29(26,27)20-13-11-19(12-14-20)28-16(5)22(25)23-15(3)4/h8-16,24H,6-7H2,1-5H3,(H,23,25)/t16-/m1/s1. The molecule has 1 amide bonds. The number of amides is 1. The molecule has 0 aromatic heterocycles. The SMILES string of the molecule is CCc1cccc(CC)c1NS(=O)(=O)c1ccc(O[C@H](C)C(=O)NC(C)C)cc1. The first-order chi connectivity index (χ1) is 13.7. The van der Waals surface area contributed by atoms with Crippen LogP contribution in [0.3, 0.4) is 0 Å². The van der Waals surface area contributed by atoms with E-state index in [0.29, 0.717) is 11.4 Å². The summed E-state index contributed by atoms with van der Waals surface area (Å²) in [7, 11) is -3.74. The number of para-hydroxylation sites is 1. The van der Waals surface area contributed by atoms with Gasteiger partial charge in [0.05, 0.1) is 10.6 Å². The summed E-state index contributed by atoms with van der Waals surface area (Å²) in [5.41, 5.74) is 2.56. The largest absolute Gasteiger partial charge is 0.481 e. The molecule has 7 heteroatoms. The quantitative estimate of drug-likeness (QED) is 0.647. The Morgan fingerprint density at radius 2 is 1.52 bits per heavy atom. The molecule has 0 spiro atoms. The first-order valence-electron chi connectivity index (χ1n) is 9.88. The summed E-state index contributed by atoms with van der Waals surface area (Å²) in [6.45, 7) is 9.39. The fourth-order valence-corrected chi connectivity index (χ4v) is 4.07. The number of rotatable bonds is 9. The van der Waals surface area contributed by atoms with Crippen molar-refractivity contribution in [2.45, 2.75) is 64.5 Å². The minimum absolute atomic E-state index is 0.0196. The van der Waals surface area contributed by atoms with Crippen LogP contribution in [-0.4, -0.2) is 26.5 Å². The Bertz CT molecular complexity index is 916. The molecule has 2 aromatic carbocycles. The predicted molar refractivity (Wildman–Crippen MR) is 116 cm³/mol. The highest BCUT2D eigenvalue weighted by Crippen LogP contribution is 2.26. The van der Waals surface area contributed by atoms with Gasteiger partial charge in [-0.3, -0.25) is 9.52 Å². The maximum absolute atomic E-state index is 12.9. The average Bonchev–Trinajstić information content (AvgIpc) is 2.67. The molecule has 158 valence electrons. The van der Waals surface area contributed by atoms with Gasteiger partial charge < -0.3 is 10.1 Å². The van der Waals surface area contributed by atoms with Gasteiger partial charge in [0.25, 0.3) is 15.9 Å². The monoisotopic (exact) mass is 418 g/mol. The summed E-state index contributed by atoms with van der Waals surface area (Å²) in [4.78, 5) is 12.1. The van der Waals surface area contributed by atoms with E-state index >= 15 is 0 Å². The van der Waals surface area contributed by atoms with Gasteiger partial charge in [0, 0.05) is 6.04 Å². The van der Waals surface area contributed by atoms with Crippen LogP contribution in [0.2, 0.25) is 0 Å². The molecular weight excluding hydrogens is 388 g/mol. The van der Waals surface area contributed by atoms with Crippen molar-refractivity contribution in [1.82, 2.24) is 5.32 Å². The third-order valence-corrected chi connectivity index (χ3v) is 5.85. The van der Waals surface area contributed by atoms with Crippen molar-refractivity contribution in [3.05, 3.63) is 53.6 Å². The molecule has 0 radical (unpaired) electrons. The van der Waals surface area contributed by atoms with Gasteiger partial charge in [-0.25, -0.2) is 8.42 Å². The Kier molecular flexibility index (Phi) is 7.67. The lowest BCUT2D eigenvalue weighted by atomic mass is 10.0. The third kappa shape index (κ3) is 5.97. The molecule has 2 rings (SSSR count). The highest BCUT2D eigenvalue weighted by Gasteiger charge is 2.19. The molecule has 0 saturated carbocycles. The molecule has 0 unspecified atom stereocenters. The number of benzene rings is 2. The number of ether oxygens (including phenoxy) is 1. The number of nitrogens with one attached hydrogen (secondary N) is 2. The Balaban J connectivity index is 2.18. The second-order valence-electron chi connectivity index (χ2n) is 7.16. The van der Waals surface area contributed by atoms with Crippen LogP contribution in [0.25, 0.3) is 0 Å². The maximum Gasteiger partial charge on any atom is 0.261 e. The van der Waals surface area contributed by atoms with Gasteiger partial charge in [-0.1, -0.05) is 32.0 Å². The van der Waals surface area contributed by atoms with Crippen molar-refractivity contribution < 1.29 is 17.9 Å². The lowest BCUT2D eigenvalue weighted by molar-refractivity contribution is -0.127. The zero-order valence-electron chi connectivity index (χ0n) is 17.7. The molecule has 0 aliphatic rings. The number of hydrogen-bond acceptors (Lipinski definition) is 4. The summed E-state index contributed by atoms with van der Waals surface area (Å²) < 4.78 is 34.1. The Morgan fingerprint density at radius 1 is 0.966 bits per heavy atom. The number of hydrogen-bond donors (Lipinski definition) is 2. The second kappa shape index (κ2) is 9.78. The number of carbonyl (C=O) groups is 1. The third-order valence-electron chi connectivity index (χ3n) is 4.48. The Morgan fingerprint density at radius 3 is 2.00 bits per heavy atom. The van der Waals surface area contributed by atoms with Gasteiger partial charge in [0.2, 0.25) is 0 Å². The van der Waals surface area contributed by atoms with Crippen molar-refractivity contribution in [2.75, 3.05) is 4.72 Å². The van der Waals surface area contributed by atoms with Gasteiger partial charge in [0.1, 0.15) is 5.75 Å². The molecular formula is C22H30N2O4S. The molecule has 0 aliphatic heterocycles. The van der Waals surface area contributed by atoms with Crippen LogP contribution in [-0.2, 0) is 27.7 Å². The van der Waals surface area contributed by atoms with E-state index < -0.39 is 16.1 Å². The van der Waals surface area contributed by atoms with E-state index in [-0.39, 0.29) is 16.8 Å². The van der Waals surface area contributed by atoms with Crippen LogP contribution in [0.5, 0.6) is 5.75 Å². The average molecular weight is 419 g/mol. The lowest BCUT2D eigenvalue weighted by Gasteiger charge is -2.17. The molecule has 0 fully saturated rings. The molecule has 2 N–H and O–H groups in total. The maximum atomic E-state index is 12.9. The first-order valence-corrected chi connectivity index (χ1v) is 11.4. The van der Waals surface area contributed by atoms with E-state index in [1.165, 1.54) is 12.1 Å². The molecule has 29 heavy (non-hydrogen) atoms. The van der Waals surface area contributed by atoms with Crippen molar-refractivity contribution >= 4 is 21.6 Å². The smallest absolute Gasteiger partial charge is 0.261 e. The highest BCUT2D eigenvalue weighted by atomic mass is 32.2. The van der Waals surface area contributed by atoms with Crippen molar-refractivity contribution in [3.63, 3.8) is 0 Å². The Hall–Kier alpha value is -2.54. The normalized spacial score (nSPS) is 12.5. The summed E-state index contributed by atoms with van der Waals surface area (Å²) in [5.74, 6) is 0.209. The topological polar surface area (TPSA) is 84.5 Å². The number of sulfonamides is 1. The van der Waals surface area contributed by atoms with E-state index in [9.17, 15) is 13.2 Å². The van der Waals surface area contributed by atoms with E-state index in [4.69, 9.17) is 4.74 Å². The van der Waals surface area contributed by atoms with E-state index in [0.717, 1.165) is 24.0 Å². The van der Waals surface area contributed by atoms with Crippen LogP contribution in [0, 0.1) is 0 Å². The van der Waals surface area contributed by atoms with Crippen molar-refractivity contribution in [3.8, 4) is 5.75 Å². The fourth-order valence-electron chi connectivity index (χ4n) is 2.92. The first kappa shape index (κ1) is 22.7. The van der Waals surface area contributed by atoms with Crippen LogP contribution < -0.4 is 14.8 Å². The van der Waals surface area contributed by atoms with Crippen LogP contribution >= 0.6 is 0 Å². The Labute approximate surface area is 173 Å². The number of carbonyl (C=O) groups excluding carboxylic acids is 1. The fraction of sp³-hybridized carbons (Fsp3) is 0.409. The molecule has 1 atom stereocenters. The second-order valence-corrected chi connectivity index (χ2v) is 8.84. The molecule has 0 saturated heterocycles. The summed E-state index contributed by atoms with van der Waals surface area (Å²) >= 11 is 0. The number of anilines is 1. The van der Waals surface area contributed by atoms with Gasteiger partial charge in [-0.2, -0.15) is 0 Å². The molecule has 6 nitrogen and oxygen atoms in total. The zero-order chi connectivity index (χ0) is 21.6. The molecule has 2 aromatic rings. The van der Waals surface area contributed by atoms with E-state index in [2.05, 4.69) is 10.0 Å². The summed E-state index contributed by atoms with van der Waals surface area (Å²) in [6.07, 6.45) is 0.783. The van der Waals surface area contributed by atoms with Gasteiger partial charge >= 0.3 is 0 Å². The van der Waals surface area contributed by atoms with Gasteiger partial charge in [0.15, 0.2) is 6.10 Å². The van der Waals surface area contributed by atoms with Crippen molar-refractivity contribution in [1.29, 1.82) is 0 Å². The van der Waals surface area contributed by atoms with E-state index in [1.54, 1.807) is 19.1 Å². The number of aryl methyl sites for hydroxylation is 2. The van der Waals surface area contributed by atoms with Gasteiger partial charge in [-0.15, -0.1) is 0 Å². The predicted octanol–water partition coefficient (Wildman–Crippen LogP) is 3.90. The summed E-state index contributed by atoms with van der Waals surface area (Å²) in [6, 6.07) is 11.9. The van der Waals surface area contributed by atoms with Crippen LogP contribution in [0.15, 0.2) is 47.4 Å². The van der Waals surface area contributed by atoms with Crippen molar-refractivity contribution in [2.24, 2.45) is 0 Å². The molecule has 0 bridgehead atoms. The minimum Gasteiger partial charge on any atom is -0.481 e. The van der Waals surface area contributed by atoms with E-state index in [1.807, 2.05) is 45.9 Å². The zero-order valence-corrected chi connectivity index (χ0v) is 18.5. The van der Waals surface area contributed by atoms with Gasteiger partial charge in [-0.05, 0) is 69.0 Å².